The lowest BCUT2D eigenvalue weighted by Crippen LogP contribution is -2.35. The molecule has 27 rings (SSSR count). The van der Waals surface area contributed by atoms with E-state index < -0.39 is 0 Å². The highest BCUT2D eigenvalue weighted by molar-refractivity contribution is 5.99. The highest BCUT2D eigenvalue weighted by atomic mass is 15.0. The number of fused-ring (bicyclic) bond motifs is 16. The fraction of sp³-hybridized carbons (Fsp3) is 0.438. The van der Waals surface area contributed by atoms with Gasteiger partial charge in [0.25, 0.3) is 0 Å². The Morgan fingerprint density at radius 1 is 0.242 bits per heavy atom. The number of benzene rings is 10. The van der Waals surface area contributed by atoms with Gasteiger partial charge in [-0.05, 0) is 385 Å². The first-order valence-corrected chi connectivity index (χ1v) is 52.0. The van der Waals surface area contributed by atoms with E-state index in [0.29, 0.717) is 0 Å². The Morgan fingerprint density at radius 3 is 0.894 bits per heavy atom. The SMILES string of the molecule is Cc1cc(-c2ccccc2)cc(-c2c3ccc(C4CC5CCC4CC5)cc3cc(C)[n+]2C)c1C.Cc1cc(C(C)(C)C)cc(-c2c3ccc(C4CC5CCC4CC5)cc3cc(C)[n+]2C)c1C.Cc1cc(C2CCCC2)cc(-c2c3ccc(C4CC5CCC4CC5)cc3cc(C)[n+]2C)c1C.Cc1ccc(-c2ccccc2)cc1-c1c2ccc(C3CC4CCC3CC4)cc2cc(C)[n+]1C. The van der Waals surface area contributed by atoms with Gasteiger partial charge in [0, 0.05) is 52.0 Å². The maximum Gasteiger partial charge on any atom is 0.220 e. The van der Waals surface area contributed by atoms with Crippen LogP contribution in [-0.2, 0) is 33.6 Å². The summed E-state index contributed by atoms with van der Waals surface area (Å²) in [6.45, 7) is 31.9. The van der Waals surface area contributed by atoms with Gasteiger partial charge in [-0.25, -0.2) is 0 Å². The highest BCUT2D eigenvalue weighted by Gasteiger charge is 2.42. The first-order chi connectivity index (χ1) is 63.7. The normalized spacial score (nSPS) is 23.1. The summed E-state index contributed by atoms with van der Waals surface area (Å²) < 4.78 is 9.60. The molecule has 0 aliphatic heterocycles. The maximum atomic E-state index is 2.56. The van der Waals surface area contributed by atoms with Gasteiger partial charge in [-0.3, -0.25) is 0 Å². The van der Waals surface area contributed by atoms with Crippen LogP contribution in [0.25, 0.3) is 110 Å². The fourth-order valence-electron chi connectivity index (χ4n) is 27.5. The van der Waals surface area contributed by atoms with Gasteiger partial charge in [-0.2, -0.15) is 18.3 Å². The van der Waals surface area contributed by atoms with E-state index in [0.717, 1.165) is 76.9 Å². The summed E-state index contributed by atoms with van der Waals surface area (Å²) in [7, 11) is 8.93. The minimum absolute atomic E-state index is 0.138. The summed E-state index contributed by atoms with van der Waals surface area (Å²) in [5.74, 6) is 11.3. The van der Waals surface area contributed by atoms with Crippen LogP contribution in [0.4, 0.5) is 0 Å². The molecule has 678 valence electrons. The Morgan fingerprint density at radius 2 is 0.553 bits per heavy atom. The fourth-order valence-corrected chi connectivity index (χ4v) is 27.5. The summed E-state index contributed by atoms with van der Waals surface area (Å²) in [4.78, 5) is 0. The number of hydrogen-bond donors (Lipinski definition) is 0. The van der Waals surface area contributed by atoms with Crippen LogP contribution in [-0.4, -0.2) is 0 Å². The van der Waals surface area contributed by atoms with Crippen LogP contribution in [0, 0.1) is 124 Å². The van der Waals surface area contributed by atoms with Crippen molar-refractivity contribution >= 4 is 43.1 Å². The van der Waals surface area contributed by atoms with Gasteiger partial charge in [-0.1, -0.05) is 225 Å². The Balaban J connectivity index is 0.000000110. The van der Waals surface area contributed by atoms with E-state index in [4.69, 9.17) is 0 Å². The minimum Gasteiger partial charge on any atom is -0.198 e. The topological polar surface area (TPSA) is 15.5 Å². The smallest absolute Gasteiger partial charge is 0.198 e. The Labute approximate surface area is 792 Å². The van der Waals surface area contributed by atoms with Crippen LogP contribution in [0.3, 0.4) is 0 Å². The molecule has 0 spiro atoms. The van der Waals surface area contributed by atoms with E-state index >= 15 is 0 Å². The average Bonchev–Trinajstić information content (AvgIpc) is 0.850. The van der Waals surface area contributed by atoms with E-state index in [1.165, 1.54) is 332 Å². The first kappa shape index (κ1) is 89.7. The van der Waals surface area contributed by atoms with Crippen LogP contribution in [0.1, 0.15) is 300 Å². The van der Waals surface area contributed by atoms with Crippen LogP contribution in [0.15, 0.2) is 212 Å². The molecule has 4 nitrogen and oxygen atoms in total. The third kappa shape index (κ3) is 17.4. The maximum absolute atomic E-state index is 2.56. The molecule has 13 aliphatic carbocycles. The lowest BCUT2D eigenvalue weighted by Gasteiger charge is -2.42. The van der Waals surface area contributed by atoms with Gasteiger partial charge in [-0.15, -0.1) is 0 Å². The first-order valence-electron chi connectivity index (χ1n) is 52.0. The quantitative estimate of drug-likeness (QED) is 0.115. The van der Waals surface area contributed by atoms with E-state index in [1.807, 2.05) is 0 Å². The number of rotatable bonds is 11. The van der Waals surface area contributed by atoms with Crippen molar-refractivity contribution in [1.82, 2.24) is 0 Å². The van der Waals surface area contributed by atoms with Crippen molar-refractivity contribution in [2.45, 2.75) is 286 Å². The molecule has 0 N–H and O–H groups in total. The zero-order valence-corrected chi connectivity index (χ0v) is 83.5. The third-order valence-corrected chi connectivity index (χ3v) is 36.3. The van der Waals surface area contributed by atoms with Crippen LogP contribution in [0.5, 0.6) is 0 Å². The number of aryl methyl sites for hydroxylation is 8. The van der Waals surface area contributed by atoms with Gasteiger partial charge in [0.15, 0.2) is 22.8 Å². The molecule has 0 saturated heterocycles. The lowest BCUT2D eigenvalue weighted by atomic mass is 9.63. The molecule has 4 heterocycles. The van der Waals surface area contributed by atoms with Gasteiger partial charge in [0.2, 0.25) is 22.8 Å². The van der Waals surface area contributed by atoms with Crippen LogP contribution >= 0.6 is 0 Å². The molecule has 0 radical (unpaired) electrons. The van der Waals surface area contributed by atoms with E-state index in [2.05, 4.69) is 356 Å². The predicted octanol–water partition coefficient (Wildman–Crippen LogP) is 32.2. The van der Waals surface area contributed by atoms with Crippen molar-refractivity contribution < 1.29 is 18.3 Å². The van der Waals surface area contributed by atoms with Crippen molar-refractivity contribution in [3.63, 3.8) is 0 Å². The number of aromatic nitrogens is 4. The summed E-state index contributed by atoms with van der Waals surface area (Å²) in [6.07, 6.45) is 34.4. The standard InChI is InChI=1S/C33H36N.C32H40N.C32H34N.C31H40N/c1-21-16-28(25-8-6-5-7-9-25)20-31(23(21)3)33-30-15-14-27(19-29(30)17-22(2)34(33)4)32-18-24-10-12-26(32)13-11-24;1-20-15-27(24-7-5-6-8-24)19-30(22(20)3)32-29-14-13-26(18-28(29)16-21(2)33(32)4)31-17-23-9-11-25(31)12-10-23;1-21-9-12-26(24-7-5-4-6-8-24)20-30(21)32-29-16-15-27(19-28(29)17-22(2)33(32)3)31-18-23-10-13-25(31)14-11-23;1-19-14-26(31(4,5)6)18-28(21(19)3)30-27-13-12-24(17-25(27)15-20(2)32(30)7)29-16-22-8-10-23(29)11-9-22/h5-9,14-17,19-20,24,26,32H,10-13,18H2,1-4H3;13-16,18-19,23-25,31H,5-12,17H2,1-4H3;4-9,12,15-17,19-20,23,25,31H,10-11,13-14,18H2,1-3H3;12-15,17-18,22-23,29H,8-11,16H2,1-7H3/q4*+1. The summed E-state index contributed by atoms with van der Waals surface area (Å²) in [5.41, 5.74) is 40.5. The van der Waals surface area contributed by atoms with Gasteiger partial charge in [0.05, 0.1) is 43.8 Å². The Hall–Kier alpha value is -10.2. The Bertz CT molecular complexity index is 6710. The number of hydrogen-bond acceptors (Lipinski definition) is 0. The van der Waals surface area contributed by atoms with Crippen molar-refractivity contribution in [1.29, 1.82) is 0 Å². The second-order valence-electron chi connectivity index (χ2n) is 45.1. The van der Waals surface area contributed by atoms with E-state index in [-0.39, 0.29) is 5.41 Å². The molecule has 10 aromatic carbocycles. The molecule has 132 heavy (non-hydrogen) atoms. The molecule has 13 fully saturated rings. The van der Waals surface area contributed by atoms with Gasteiger partial charge >= 0.3 is 0 Å². The highest BCUT2D eigenvalue weighted by Crippen LogP contribution is 2.56. The monoisotopic (exact) mass is 1740 g/mol. The molecule has 0 amide bonds. The Kier molecular flexibility index (Phi) is 25.1. The van der Waals surface area contributed by atoms with E-state index in [1.54, 1.807) is 27.8 Å². The molecule has 4 unspecified atom stereocenters. The van der Waals surface area contributed by atoms with Crippen molar-refractivity contribution in [3.05, 3.63) is 307 Å². The van der Waals surface area contributed by atoms with Crippen molar-refractivity contribution in [2.24, 2.45) is 75.5 Å². The van der Waals surface area contributed by atoms with Crippen LogP contribution in [0.2, 0.25) is 0 Å². The van der Waals surface area contributed by atoms with Crippen molar-refractivity contribution in [3.8, 4) is 67.3 Å². The molecule has 13 aliphatic rings. The van der Waals surface area contributed by atoms with E-state index in [9.17, 15) is 0 Å². The summed E-state index contributed by atoms with van der Waals surface area (Å²) in [6, 6.07) is 82.3. The average molecular weight is 1740 g/mol. The lowest BCUT2D eigenvalue weighted by molar-refractivity contribution is -0.665. The number of pyridine rings is 4. The molecule has 13 saturated carbocycles. The summed E-state index contributed by atoms with van der Waals surface area (Å²) in [5, 5.41) is 11.2. The molecular formula is C128H150N4+4. The second kappa shape index (κ2) is 36.9. The zero-order chi connectivity index (χ0) is 91.4. The molecule has 14 aromatic rings. The van der Waals surface area contributed by atoms with Crippen molar-refractivity contribution in [2.75, 3.05) is 0 Å². The van der Waals surface area contributed by atoms with Gasteiger partial charge < -0.3 is 0 Å². The minimum atomic E-state index is 0.138. The molecule has 4 atom stereocenters. The molecule has 4 aromatic heterocycles. The third-order valence-electron chi connectivity index (χ3n) is 36.3. The zero-order valence-electron chi connectivity index (χ0n) is 83.5. The molecule has 4 heteroatoms. The molecular weight excluding hydrogens is 1590 g/mol. The predicted molar refractivity (Wildman–Crippen MR) is 556 cm³/mol. The van der Waals surface area contributed by atoms with Gasteiger partial charge in [0.1, 0.15) is 28.2 Å². The van der Waals surface area contributed by atoms with Crippen LogP contribution < -0.4 is 18.3 Å². The number of nitrogens with zero attached hydrogens (tertiary/aromatic N) is 4. The second-order valence-corrected chi connectivity index (χ2v) is 45.1. The summed E-state index contributed by atoms with van der Waals surface area (Å²) >= 11 is 0. The largest absolute Gasteiger partial charge is 0.220 e. The molecule has 8 bridgehead atoms.